The number of nitrogens with two attached hydrogens (primary N) is 1. The van der Waals surface area contributed by atoms with Crippen LogP contribution >= 0.6 is 0 Å². The van der Waals surface area contributed by atoms with Crippen molar-refractivity contribution < 1.29 is 19.1 Å². The Morgan fingerprint density at radius 1 is 1.50 bits per heavy atom. The van der Waals surface area contributed by atoms with Crippen LogP contribution in [-0.4, -0.2) is 27.1 Å². The lowest BCUT2D eigenvalue weighted by atomic mass is 10.3. The lowest BCUT2D eigenvalue weighted by Crippen LogP contribution is -2.17. The van der Waals surface area contributed by atoms with Gasteiger partial charge in [0.1, 0.15) is 18.1 Å². The summed E-state index contributed by atoms with van der Waals surface area (Å²) in [5, 5.41) is 17.2. The summed E-state index contributed by atoms with van der Waals surface area (Å²) in [5.41, 5.74) is 5.24. The van der Waals surface area contributed by atoms with Gasteiger partial charge in [-0.05, 0) is 12.1 Å². The predicted octanol–water partition coefficient (Wildman–Crippen LogP) is -0.154. The van der Waals surface area contributed by atoms with Crippen LogP contribution in [0.4, 0.5) is 5.69 Å². The van der Waals surface area contributed by atoms with Gasteiger partial charge in [0.2, 0.25) is 0 Å². The number of H-pyrrole nitrogens is 1. The number of rotatable bonds is 4. The first-order valence-corrected chi connectivity index (χ1v) is 4.96. The van der Waals surface area contributed by atoms with Crippen LogP contribution in [0.2, 0.25) is 0 Å². The molecule has 2 rings (SSSR count). The third-order valence-electron chi connectivity index (χ3n) is 2.18. The summed E-state index contributed by atoms with van der Waals surface area (Å²) >= 11 is 0. The van der Waals surface area contributed by atoms with E-state index in [1.807, 2.05) is 0 Å². The first kappa shape index (κ1) is 11.9. The average Bonchev–Trinajstić information content (AvgIpc) is 2.96. The minimum atomic E-state index is -0.738. The number of nitrogens with one attached hydrogen (secondary N) is 2. The predicted molar refractivity (Wildman–Crippen MR) is 59.7 cm³/mol. The number of aliphatic hydroxyl groups is 1. The molecule has 8 heteroatoms. The second-order valence-corrected chi connectivity index (χ2v) is 3.40. The molecule has 5 N–H and O–H groups in total. The molecular weight excluding hydrogens is 240 g/mol. The quantitative estimate of drug-likeness (QED) is 0.598. The van der Waals surface area contributed by atoms with E-state index in [0.29, 0.717) is 0 Å². The number of aliphatic hydroxyl groups excluding tert-OH is 1. The number of carbonyl (C=O) groups excluding carboxylic acids is 2. The molecule has 0 spiro atoms. The Morgan fingerprint density at radius 3 is 2.89 bits per heavy atom. The van der Waals surface area contributed by atoms with Crippen molar-refractivity contribution in [3.8, 4) is 0 Å². The molecule has 0 atom stereocenters. The van der Waals surface area contributed by atoms with Crippen molar-refractivity contribution in [2.45, 2.75) is 6.61 Å². The number of nitrogens with zero attached hydrogens (tertiary/aromatic N) is 1. The highest BCUT2D eigenvalue weighted by Gasteiger charge is 2.16. The first-order chi connectivity index (χ1) is 8.61. The van der Waals surface area contributed by atoms with Gasteiger partial charge < -0.3 is 20.6 Å². The van der Waals surface area contributed by atoms with Crippen molar-refractivity contribution in [3.05, 3.63) is 35.5 Å². The number of hydrogen-bond donors (Lipinski definition) is 4. The molecule has 2 aromatic rings. The zero-order valence-corrected chi connectivity index (χ0v) is 9.14. The van der Waals surface area contributed by atoms with E-state index in [9.17, 15) is 9.59 Å². The topological polar surface area (TPSA) is 134 Å². The van der Waals surface area contributed by atoms with E-state index in [1.54, 1.807) is 0 Å². The number of hydrogen-bond acceptors (Lipinski definition) is 5. The van der Waals surface area contributed by atoms with E-state index < -0.39 is 11.8 Å². The molecular formula is C10H10N4O4. The number of aromatic amines is 1. The summed E-state index contributed by atoms with van der Waals surface area (Å²) < 4.78 is 5.03. The molecule has 2 amide bonds. The van der Waals surface area contributed by atoms with Crippen molar-refractivity contribution in [3.63, 3.8) is 0 Å². The van der Waals surface area contributed by atoms with Gasteiger partial charge in [-0.3, -0.25) is 14.7 Å². The zero-order valence-electron chi connectivity index (χ0n) is 9.14. The molecule has 2 aromatic heterocycles. The van der Waals surface area contributed by atoms with Crippen LogP contribution in [0.1, 0.15) is 26.8 Å². The van der Waals surface area contributed by atoms with E-state index >= 15 is 0 Å². The maximum absolute atomic E-state index is 11.7. The van der Waals surface area contributed by atoms with Gasteiger partial charge in [0.15, 0.2) is 5.76 Å². The summed E-state index contributed by atoms with van der Waals surface area (Å²) in [6, 6.07) is 2.88. The highest BCUT2D eigenvalue weighted by Crippen LogP contribution is 2.14. The van der Waals surface area contributed by atoms with E-state index in [-0.39, 0.29) is 29.5 Å². The molecule has 0 aromatic carbocycles. The van der Waals surface area contributed by atoms with Crippen LogP contribution in [0.25, 0.3) is 0 Å². The normalized spacial score (nSPS) is 10.3. The Labute approximate surface area is 101 Å². The van der Waals surface area contributed by atoms with Gasteiger partial charge in [-0.2, -0.15) is 5.10 Å². The van der Waals surface area contributed by atoms with Gasteiger partial charge >= 0.3 is 0 Å². The van der Waals surface area contributed by atoms with Gasteiger partial charge in [0.25, 0.3) is 11.8 Å². The number of amides is 2. The zero-order chi connectivity index (χ0) is 13.1. The average molecular weight is 250 g/mol. The van der Waals surface area contributed by atoms with Crippen LogP contribution in [0.15, 0.2) is 22.7 Å². The van der Waals surface area contributed by atoms with Crippen LogP contribution in [0.5, 0.6) is 0 Å². The Morgan fingerprint density at radius 2 is 2.28 bits per heavy atom. The number of primary amides is 1. The van der Waals surface area contributed by atoms with Gasteiger partial charge in [0.05, 0.1) is 11.9 Å². The van der Waals surface area contributed by atoms with Crippen LogP contribution in [0.3, 0.4) is 0 Å². The second kappa shape index (κ2) is 4.72. The fourth-order valence-corrected chi connectivity index (χ4v) is 1.34. The summed E-state index contributed by atoms with van der Waals surface area (Å²) in [6.45, 7) is -0.300. The van der Waals surface area contributed by atoms with E-state index in [2.05, 4.69) is 15.5 Å². The molecule has 0 saturated carbocycles. The largest absolute Gasteiger partial charge is 0.453 e. The molecule has 0 aliphatic carbocycles. The van der Waals surface area contributed by atoms with Crippen molar-refractivity contribution in [2.24, 2.45) is 5.73 Å². The van der Waals surface area contributed by atoms with Crippen molar-refractivity contribution >= 4 is 17.5 Å². The molecule has 0 bridgehead atoms. The Balaban J connectivity index is 2.16. The van der Waals surface area contributed by atoms with Crippen molar-refractivity contribution in [2.75, 3.05) is 5.32 Å². The van der Waals surface area contributed by atoms with E-state index in [1.165, 1.54) is 18.3 Å². The number of carbonyl (C=O) groups is 2. The van der Waals surface area contributed by atoms with E-state index in [4.69, 9.17) is 15.3 Å². The fourth-order valence-electron chi connectivity index (χ4n) is 1.34. The molecule has 0 aliphatic heterocycles. The van der Waals surface area contributed by atoms with Crippen LogP contribution < -0.4 is 11.1 Å². The van der Waals surface area contributed by atoms with Gasteiger partial charge in [-0.25, -0.2) is 0 Å². The van der Waals surface area contributed by atoms with Crippen molar-refractivity contribution in [1.82, 2.24) is 10.2 Å². The standard InChI is InChI=1S/C10H10N4O4/c11-9(16)8-6(3-12-14-8)13-10(17)7-2-1-5(4-15)18-7/h1-3,15H,4H2,(H2,11,16)(H,12,14)(H,13,17). The van der Waals surface area contributed by atoms with Gasteiger partial charge in [-0.15, -0.1) is 0 Å². The van der Waals surface area contributed by atoms with E-state index in [0.717, 1.165) is 0 Å². The minimum Gasteiger partial charge on any atom is -0.453 e. The van der Waals surface area contributed by atoms with Gasteiger partial charge in [-0.1, -0.05) is 0 Å². The molecule has 0 saturated heterocycles. The molecule has 18 heavy (non-hydrogen) atoms. The third kappa shape index (κ3) is 2.23. The van der Waals surface area contributed by atoms with Crippen molar-refractivity contribution in [1.29, 1.82) is 0 Å². The lowest BCUT2D eigenvalue weighted by Gasteiger charge is -2.01. The lowest BCUT2D eigenvalue weighted by molar-refractivity contribution is 0.0992. The van der Waals surface area contributed by atoms with Gasteiger partial charge in [0, 0.05) is 0 Å². The molecule has 0 radical (unpaired) electrons. The highest BCUT2D eigenvalue weighted by atomic mass is 16.4. The maximum atomic E-state index is 11.7. The number of aromatic nitrogens is 2. The SMILES string of the molecule is NC(=O)c1[nH]ncc1NC(=O)c1ccc(CO)o1. The summed E-state index contributed by atoms with van der Waals surface area (Å²) in [4.78, 5) is 22.7. The molecule has 0 fully saturated rings. The minimum absolute atomic E-state index is 0.00251. The fraction of sp³-hybridized carbons (Fsp3) is 0.100. The van der Waals surface area contributed by atoms with Crippen LogP contribution in [0, 0.1) is 0 Å². The molecule has 2 heterocycles. The molecule has 8 nitrogen and oxygen atoms in total. The Kier molecular flexibility index (Phi) is 3.11. The molecule has 94 valence electrons. The summed E-state index contributed by atoms with van der Waals surface area (Å²) in [6.07, 6.45) is 1.26. The number of furan rings is 1. The molecule has 0 aliphatic rings. The molecule has 0 unspecified atom stereocenters. The maximum Gasteiger partial charge on any atom is 0.291 e. The highest BCUT2D eigenvalue weighted by molar-refractivity contribution is 6.06. The first-order valence-electron chi connectivity index (χ1n) is 4.96. The summed E-state index contributed by atoms with van der Waals surface area (Å²) in [7, 11) is 0. The van der Waals surface area contributed by atoms with Crippen LogP contribution in [-0.2, 0) is 6.61 Å². The summed E-state index contributed by atoms with van der Waals surface area (Å²) in [5.74, 6) is -1.03. The Hall–Kier alpha value is -2.61. The smallest absolute Gasteiger partial charge is 0.291 e. The Bertz CT molecular complexity index is 586. The third-order valence-corrected chi connectivity index (χ3v) is 2.18. The monoisotopic (exact) mass is 250 g/mol. The number of anilines is 1. The second-order valence-electron chi connectivity index (χ2n) is 3.40.